The minimum Gasteiger partial charge on any atom is -0.322 e. The molecule has 0 fully saturated rings. The number of hydrogen-bond donors (Lipinski definition) is 1. The molecule has 162 valence electrons. The molecule has 10 heteroatoms. The smallest absolute Gasteiger partial charge is 0.279 e. The quantitative estimate of drug-likeness (QED) is 0.634. The molecule has 0 aromatic heterocycles. The van der Waals surface area contributed by atoms with E-state index in [1.165, 1.54) is 60.7 Å². The summed E-state index contributed by atoms with van der Waals surface area (Å²) in [4.78, 5) is 11.7. The van der Waals surface area contributed by atoms with Gasteiger partial charge >= 0.3 is 0 Å². The first kappa shape index (κ1) is 22.4. The Morgan fingerprint density at radius 2 is 1.35 bits per heavy atom. The fourth-order valence-electron chi connectivity index (χ4n) is 2.96. The van der Waals surface area contributed by atoms with Crippen LogP contribution >= 0.6 is 0 Å². The highest BCUT2D eigenvalue weighted by atomic mass is 32.3. The Labute approximate surface area is 180 Å². The summed E-state index contributed by atoms with van der Waals surface area (Å²) >= 11 is 0. The molecule has 0 saturated heterocycles. The van der Waals surface area contributed by atoms with Crippen LogP contribution in [0.3, 0.4) is 0 Å². The van der Waals surface area contributed by atoms with E-state index in [1.54, 1.807) is 0 Å². The van der Waals surface area contributed by atoms with Crippen LogP contribution in [0.2, 0.25) is 0 Å². The molecular formula is C21H19FN2O5S2. The van der Waals surface area contributed by atoms with Crippen molar-refractivity contribution in [3.8, 4) is 0 Å². The van der Waals surface area contributed by atoms with Gasteiger partial charge in [0.1, 0.15) is 15.6 Å². The van der Waals surface area contributed by atoms with Crippen LogP contribution in [0.4, 0.5) is 15.8 Å². The topological polar surface area (TPSA) is 101 Å². The summed E-state index contributed by atoms with van der Waals surface area (Å²) < 4.78 is 64.6. The number of carbonyl (C=O) groups excluding carboxylic acids is 1. The summed E-state index contributed by atoms with van der Waals surface area (Å²) in [5.74, 6) is -1.05. The minimum absolute atomic E-state index is 0.141. The lowest BCUT2D eigenvalue weighted by Gasteiger charge is -2.17. The Morgan fingerprint density at radius 1 is 0.806 bits per heavy atom. The number of nitrogens with zero attached hydrogens (tertiary/aromatic N) is 1. The Kier molecular flexibility index (Phi) is 6.14. The van der Waals surface area contributed by atoms with E-state index in [4.69, 9.17) is 0 Å². The van der Waals surface area contributed by atoms with Gasteiger partial charge in [-0.3, -0.25) is 4.79 Å². The van der Waals surface area contributed by atoms with Gasteiger partial charge in [-0.15, -0.1) is 0 Å². The fourth-order valence-corrected chi connectivity index (χ4v) is 7.40. The number of halogens is 1. The van der Waals surface area contributed by atoms with Crippen LogP contribution in [-0.4, -0.2) is 22.7 Å². The molecule has 0 unspecified atom stereocenters. The largest absolute Gasteiger partial charge is 0.322 e. The minimum atomic E-state index is -4.32. The molecule has 1 aliphatic heterocycles. The molecule has 1 amide bonds. The summed E-state index contributed by atoms with van der Waals surface area (Å²) in [6, 6.07) is 15.6. The molecule has 0 spiro atoms. The first-order valence-corrected chi connectivity index (χ1v) is 12.2. The van der Waals surface area contributed by atoms with Gasteiger partial charge in [0.25, 0.3) is 26.0 Å². The molecule has 3 aromatic rings. The molecule has 0 radical (unpaired) electrons. The SMILES string of the molecule is CC.O=C(Nc1cccc(N2S(=O)(=O)c3ccccc3S2(=O)=O)c1)c1ccc(F)cc1. The normalized spacial score (nSPS) is 15.4. The zero-order valence-corrected chi connectivity index (χ0v) is 18.2. The van der Waals surface area contributed by atoms with Crippen LogP contribution in [0.25, 0.3) is 0 Å². The maximum Gasteiger partial charge on any atom is 0.279 e. The highest BCUT2D eigenvalue weighted by Crippen LogP contribution is 2.40. The van der Waals surface area contributed by atoms with Crippen molar-refractivity contribution in [3.05, 3.63) is 84.2 Å². The number of amides is 1. The number of fused-ring (bicyclic) bond motifs is 1. The Bertz CT molecular complexity index is 1290. The van der Waals surface area contributed by atoms with Crippen molar-refractivity contribution in [1.29, 1.82) is 0 Å². The molecule has 4 rings (SSSR count). The Balaban J connectivity index is 0.00000132. The first-order valence-electron chi connectivity index (χ1n) is 9.28. The molecule has 1 aliphatic rings. The lowest BCUT2D eigenvalue weighted by Crippen LogP contribution is -2.30. The molecule has 0 saturated carbocycles. The van der Waals surface area contributed by atoms with Crippen molar-refractivity contribution < 1.29 is 26.0 Å². The maximum atomic E-state index is 13.0. The zero-order valence-electron chi connectivity index (χ0n) is 16.6. The molecule has 0 atom stereocenters. The lowest BCUT2D eigenvalue weighted by atomic mass is 10.2. The average molecular weight is 463 g/mol. The predicted octanol–water partition coefficient (Wildman–Crippen LogP) is 4.00. The van der Waals surface area contributed by atoms with E-state index < -0.39 is 31.8 Å². The summed E-state index contributed by atoms with van der Waals surface area (Å²) in [5, 5.41) is 2.54. The number of benzene rings is 3. The maximum absolute atomic E-state index is 13.0. The number of carbonyl (C=O) groups is 1. The second-order valence-electron chi connectivity index (χ2n) is 6.17. The molecular weight excluding hydrogens is 443 g/mol. The third-order valence-electron chi connectivity index (χ3n) is 4.26. The fraction of sp³-hybridized carbons (Fsp3) is 0.0952. The monoisotopic (exact) mass is 462 g/mol. The van der Waals surface area contributed by atoms with E-state index in [9.17, 15) is 26.0 Å². The summed E-state index contributed by atoms with van der Waals surface area (Å²) in [5.41, 5.74) is 0.224. The second-order valence-corrected chi connectivity index (χ2v) is 9.91. The Hall–Kier alpha value is -3.24. The van der Waals surface area contributed by atoms with Crippen LogP contribution in [0.1, 0.15) is 24.2 Å². The average Bonchev–Trinajstić information content (AvgIpc) is 2.92. The molecule has 0 bridgehead atoms. The molecule has 1 heterocycles. The predicted molar refractivity (Wildman–Crippen MR) is 115 cm³/mol. The van der Waals surface area contributed by atoms with Gasteiger partial charge in [-0.2, -0.15) is 20.5 Å². The molecule has 1 N–H and O–H groups in total. The van der Waals surface area contributed by atoms with Crippen LogP contribution in [-0.2, 0) is 20.0 Å². The van der Waals surface area contributed by atoms with Crippen LogP contribution in [0, 0.1) is 5.82 Å². The number of sulfonamides is 2. The van der Waals surface area contributed by atoms with Crippen molar-refractivity contribution in [3.63, 3.8) is 0 Å². The molecule has 7 nitrogen and oxygen atoms in total. The number of rotatable bonds is 3. The third-order valence-corrected chi connectivity index (χ3v) is 8.69. The molecule has 3 aromatic carbocycles. The zero-order chi connectivity index (χ0) is 22.8. The summed E-state index contributed by atoms with van der Waals surface area (Å²) in [6.07, 6.45) is 0. The van der Waals surface area contributed by atoms with Gasteiger partial charge in [-0.25, -0.2) is 4.39 Å². The van der Waals surface area contributed by atoms with Crippen molar-refractivity contribution >= 4 is 37.3 Å². The van der Waals surface area contributed by atoms with Gasteiger partial charge in [-0.1, -0.05) is 32.0 Å². The van der Waals surface area contributed by atoms with Gasteiger partial charge in [-0.05, 0) is 54.6 Å². The summed E-state index contributed by atoms with van der Waals surface area (Å²) in [6.45, 7) is 4.00. The van der Waals surface area contributed by atoms with Crippen LogP contribution in [0.15, 0.2) is 82.6 Å². The van der Waals surface area contributed by atoms with Crippen molar-refractivity contribution in [2.24, 2.45) is 0 Å². The van der Waals surface area contributed by atoms with Crippen LogP contribution in [0.5, 0.6) is 0 Å². The van der Waals surface area contributed by atoms with Gasteiger partial charge in [0.15, 0.2) is 0 Å². The van der Waals surface area contributed by atoms with E-state index in [0.29, 0.717) is 3.71 Å². The van der Waals surface area contributed by atoms with E-state index in [2.05, 4.69) is 5.32 Å². The van der Waals surface area contributed by atoms with E-state index in [0.717, 1.165) is 12.1 Å². The van der Waals surface area contributed by atoms with E-state index >= 15 is 0 Å². The highest BCUT2D eigenvalue weighted by Gasteiger charge is 2.47. The lowest BCUT2D eigenvalue weighted by molar-refractivity contribution is 0.102. The second kappa shape index (κ2) is 8.48. The van der Waals surface area contributed by atoms with Crippen LogP contribution < -0.4 is 9.03 Å². The van der Waals surface area contributed by atoms with E-state index in [1.807, 2.05) is 13.8 Å². The first-order chi connectivity index (χ1) is 14.7. The van der Waals surface area contributed by atoms with E-state index in [-0.39, 0.29) is 26.7 Å². The van der Waals surface area contributed by atoms with Gasteiger partial charge < -0.3 is 5.32 Å². The van der Waals surface area contributed by atoms with Crippen molar-refractivity contribution in [2.45, 2.75) is 23.6 Å². The molecule has 31 heavy (non-hydrogen) atoms. The van der Waals surface area contributed by atoms with Gasteiger partial charge in [0.2, 0.25) is 0 Å². The number of anilines is 2. The highest BCUT2D eigenvalue weighted by molar-refractivity contribution is 8.12. The third kappa shape index (κ3) is 4.04. The Morgan fingerprint density at radius 3 is 1.90 bits per heavy atom. The van der Waals surface area contributed by atoms with Gasteiger partial charge in [0, 0.05) is 11.3 Å². The summed E-state index contributed by atoms with van der Waals surface area (Å²) in [7, 11) is -8.64. The van der Waals surface area contributed by atoms with Crippen molar-refractivity contribution in [1.82, 2.24) is 0 Å². The number of hydrogen-bond acceptors (Lipinski definition) is 5. The van der Waals surface area contributed by atoms with Crippen molar-refractivity contribution in [2.75, 3.05) is 9.03 Å². The molecule has 0 aliphatic carbocycles. The van der Waals surface area contributed by atoms with Gasteiger partial charge in [0.05, 0.1) is 5.69 Å². The number of nitrogens with one attached hydrogen (secondary N) is 1. The standard InChI is InChI=1S/C19H13FN2O5S2.C2H6/c20-14-10-8-13(9-11-14)19(23)21-15-4-3-5-16(12-15)22-28(24,25)17-6-1-2-7-18(17)29(22,26)27;1-2/h1-12H,(H,21,23);1-2H3.